The third-order valence-electron chi connectivity index (χ3n) is 4.46. The zero-order valence-electron chi connectivity index (χ0n) is 13.4. The number of amides is 1. The van der Waals surface area contributed by atoms with Gasteiger partial charge in [0, 0.05) is 24.7 Å². The molecule has 23 heavy (non-hydrogen) atoms. The van der Waals surface area contributed by atoms with Gasteiger partial charge in [-0.05, 0) is 37.1 Å². The monoisotopic (exact) mass is 312 g/mol. The number of anilines is 1. The second kappa shape index (κ2) is 7.97. The summed E-state index contributed by atoms with van der Waals surface area (Å²) in [5, 5.41) is 2.96. The first-order chi connectivity index (χ1) is 11.3. The van der Waals surface area contributed by atoms with Crippen molar-refractivity contribution < 1.29 is 9.21 Å². The molecule has 1 fully saturated rings. The summed E-state index contributed by atoms with van der Waals surface area (Å²) in [6.45, 7) is 1.56. The molecule has 2 aromatic rings. The molecule has 0 bridgehead atoms. The van der Waals surface area contributed by atoms with Crippen LogP contribution in [0.25, 0.3) is 0 Å². The second-order valence-corrected chi connectivity index (χ2v) is 6.15. The van der Waals surface area contributed by atoms with Gasteiger partial charge < -0.3 is 9.73 Å². The summed E-state index contributed by atoms with van der Waals surface area (Å²) in [4.78, 5) is 14.6. The summed E-state index contributed by atoms with van der Waals surface area (Å²) in [6, 6.07) is 14.1. The van der Waals surface area contributed by atoms with Crippen molar-refractivity contribution >= 4 is 11.6 Å². The van der Waals surface area contributed by atoms with Crippen molar-refractivity contribution in [3.8, 4) is 0 Å². The van der Waals surface area contributed by atoms with Gasteiger partial charge in [-0.3, -0.25) is 9.69 Å². The van der Waals surface area contributed by atoms with Crippen LogP contribution >= 0.6 is 0 Å². The predicted octanol–water partition coefficient (Wildman–Crippen LogP) is 4.05. The highest BCUT2D eigenvalue weighted by Gasteiger charge is 2.23. The van der Waals surface area contributed by atoms with E-state index in [1.165, 1.54) is 25.7 Å². The highest BCUT2D eigenvalue weighted by molar-refractivity contribution is 5.90. The van der Waals surface area contributed by atoms with Crippen molar-refractivity contribution in [2.45, 2.75) is 44.7 Å². The average molecular weight is 312 g/mol. The van der Waals surface area contributed by atoms with E-state index in [2.05, 4.69) is 10.2 Å². The summed E-state index contributed by atoms with van der Waals surface area (Å²) in [5.74, 6) is 1.04. The van der Waals surface area contributed by atoms with Gasteiger partial charge in [-0.1, -0.05) is 31.0 Å². The molecule has 122 valence electrons. The molecule has 1 aliphatic carbocycles. The van der Waals surface area contributed by atoms with Gasteiger partial charge in [-0.2, -0.15) is 0 Å². The van der Waals surface area contributed by atoms with E-state index in [1.54, 1.807) is 6.26 Å². The minimum Gasteiger partial charge on any atom is -0.468 e. The maximum absolute atomic E-state index is 12.2. The highest BCUT2D eigenvalue weighted by Crippen LogP contribution is 2.25. The minimum absolute atomic E-state index is 0.0682. The molecule has 0 atom stereocenters. The van der Waals surface area contributed by atoms with E-state index in [-0.39, 0.29) is 5.91 Å². The molecular formula is C19H24N2O2. The van der Waals surface area contributed by atoms with Gasteiger partial charge in [0.15, 0.2) is 0 Å². The van der Waals surface area contributed by atoms with Crippen LogP contribution in [0, 0.1) is 0 Å². The molecule has 1 saturated carbocycles. The van der Waals surface area contributed by atoms with Crippen LogP contribution in [-0.2, 0) is 11.3 Å². The third kappa shape index (κ3) is 4.70. The molecule has 0 radical (unpaired) electrons. The first-order valence-electron chi connectivity index (χ1n) is 8.42. The number of para-hydroxylation sites is 1. The van der Waals surface area contributed by atoms with Gasteiger partial charge in [-0.25, -0.2) is 0 Å². The molecule has 3 rings (SSSR count). The molecule has 1 heterocycles. The van der Waals surface area contributed by atoms with Crippen molar-refractivity contribution in [3.05, 3.63) is 54.5 Å². The van der Waals surface area contributed by atoms with Crippen LogP contribution in [0.3, 0.4) is 0 Å². The van der Waals surface area contributed by atoms with E-state index in [4.69, 9.17) is 4.42 Å². The van der Waals surface area contributed by atoms with E-state index >= 15 is 0 Å². The standard InChI is InChI=1S/C19H24N2O2/c22-19(20-16-7-2-1-3-8-16)12-13-21(17-9-4-5-10-17)15-18-11-6-14-23-18/h1-3,6-8,11,14,17H,4-5,9-10,12-13,15H2,(H,20,22). The molecule has 1 amide bonds. The summed E-state index contributed by atoms with van der Waals surface area (Å²) in [5.41, 5.74) is 0.857. The predicted molar refractivity (Wildman–Crippen MR) is 91.1 cm³/mol. The first-order valence-corrected chi connectivity index (χ1v) is 8.42. The lowest BCUT2D eigenvalue weighted by molar-refractivity contribution is -0.116. The zero-order chi connectivity index (χ0) is 15.9. The molecule has 0 aliphatic heterocycles. The van der Waals surface area contributed by atoms with Crippen LogP contribution in [-0.4, -0.2) is 23.4 Å². The van der Waals surface area contributed by atoms with E-state index in [0.717, 1.165) is 24.5 Å². The number of carbonyl (C=O) groups is 1. The zero-order valence-corrected chi connectivity index (χ0v) is 13.4. The van der Waals surface area contributed by atoms with Crippen LogP contribution in [0.1, 0.15) is 37.9 Å². The van der Waals surface area contributed by atoms with E-state index in [0.29, 0.717) is 12.5 Å². The average Bonchev–Trinajstić information content (AvgIpc) is 3.26. The quantitative estimate of drug-likeness (QED) is 0.839. The Balaban J connectivity index is 1.54. The molecule has 4 heteroatoms. The number of nitrogens with zero attached hydrogens (tertiary/aromatic N) is 1. The summed E-state index contributed by atoms with van der Waals surface area (Å²) < 4.78 is 5.48. The minimum atomic E-state index is 0.0682. The maximum Gasteiger partial charge on any atom is 0.225 e. The van der Waals surface area contributed by atoms with Gasteiger partial charge in [0.05, 0.1) is 12.8 Å². The van der Waals surface area contributed by atoms with Gasteiger partial charge in [0.25, 0.3) is 0 Å². The summed E-state index contributed by atoms with van der Waals surface area (Å²) in [7, 11) is 0. The fourth-order valence-electron chi connectivity index (χ4n) is 3.25. The molecule has 0 spiro atoms. The number of rotatable bonds is 7. The topological polar surface area (TPSA) is 45.5 Å². The number of hydrogen-bond donors (Lipinski definition) is 1. The lowest BCUT2D eigenvalue weighted by Gasteiger charge is -2.27. The van der Waals surface area contributed by atoms with Crippen LogP contribution < -0.4 is 5.32 Å². The smallest absolute Gasteiger partial charge is 0.225 e. The lowest BCUT2D eigenvalue weighted by atomic mass is 10.2. The van der Waals surface area contributed by atoms with Crippen LogP contribution in [0.4, 0.5) is 5.69 Å². The Bertz CT molecular complexity index is 589. The molecule has 1 aromatic heterocycles. The van der Waals surface area contributed by atoms with Crippen molar-refractivity contribution in [1.82, 2.24) is 4.90 Å². The molecule has 1 aromatic carbocycles. The van der Waals surface area contributed by atoms with Crippen molar-refractivity contribution in [2.24, 2.45) is 0 Å². The number of hydrogen-bond acceptors (Lipinski definition) is 3. The van der Waals surface area contributed by atoms with Gasteiger partial charge >= 0.3 is 0 Å². The number of benzene rings is 1. The Morgan fingerprint density at radius 3 is 2.61 bits per heavy atom. The first kappa shape index (κ1) is 15.8. The number of nitrogens with one attached hydrogen (secondary N) is 1. The third-order valence-corrected chi connectivity index (χ3v) is 4.46. The fraction of sp³-hybridized carbons (Fsp3) is 0.421. The number of carbonyl (C=O) groups excluding carboxylic acids is 1. The van der Waals surface area contributed by atoms with Crippen molar-refractivity contribution in [2.75, 3.05) is 11.9 Å². The van der Waals surface area contributed by atoms with E-state index in [1.807, 2.05) is 42.5 Å². The highest BCUT2D eigenvalue weighted by atomic mass is 16.3. The van der Waals surface area contributed by atoms with E-state index < -0.39 is 0 Å². The van der Waals surface area contributed by atoms with E-state index in [9.17, 15) is 4.79 Å². The second-order valence-electron chi connectivity index (χ2n) is 6.15. The Labute approximate surface area is 137 Å². The van der Waals surface area contributed by atoms with Crippen molar-refractivity contribution in [3.63, 3.8) is 0 Å². The fourth-order valence-corrected chi connectivity index (χ4v) is 3.25. The Morgan fingerprint density at radius 1 is 1.13 bits per heavy atom. The molecule has 1 aliphatic rings. The lowest BCUT2D eigenvalue weighted by Crippen LogP contribution is -2.35. The molecule has 0 unspecified atom stereocenters. The van der Waals surface area contributed by atoms with Crippen LogP contribution in [0.15, 0.2) is 53.1 Å². The van der Waals surface area contributed by atoms with Gasteiger partial charge in [0.2, 0.25) is 5.91 Å². The van der Waals surface area contributed by atoms with Crippen LogP contribution in [0.2, 0.25) is 0 Å². The normalized spacial score (nSPS) is 15.2. The summed E-state index contributed by atoms with van der Waals surface area (Å²) in [6.07, 6.45) is 7.24. The molecule has 0 saturated heterocycles. The Hall–Kier alpha value is -2.07. The summed E-state index contributed by atoms with van der Waals surface area (Å²) >= 11 is 0. The Kier molecular flexibility index (Phi) is 5.48. The SMILES string of the molecule is O=C(CCN(Cc1ccco1)C1CCCC1)Nc1ccccc1. The van der Waals surface area contributed by atoms with Crippen LogP contribution in [0.5, 0.6) is 0 Å². The number of furan rings is 1. The van der Waals surface area contributed by atoms with Gasteiger partial charge in [-0.15, -0.1) is 0 Å². The van der Waals surface area contributed by atoms with Crippen molar-refractivity contribution in [1.29, 1.82) is 0 Å². The largest absolute Gasteiger partial charge is 0.468 e. The maximum atomic E-state index is 12.2. The van der Waals surface area contributed by atoms with Gasteiger partial charge in [0.1, 0.15) is 5.76 Å². The Morgan fingerprint density at radius 2 is 1.91 bits per heavy atom. The molecule has 1 N–H and O–H groups in total. The molecular weight excluding hydrogens is 288 g/mol. The molecule has 4 nitrogen and oxygen atoms in total.